The highest BCUT2D eigenvalue weighted by molar-refractivity contribution is 5.46. The van der Waals surface area contributed by atoms with Gasteiger partial charge in [-0.1, -0.05) is 43.5 Å². The summed E-state index contributed by atoms with van der Waals surface area (Å²) in [6.45, 7) is 10.00. The molecule has 108 valence electrons. The molecule has 2 rings (SSSR count). The zero-order valence-electron chi connectivity index (χ0n) is 12.2. The normalized spacial score (nSPS) is 15.9. The molecule has 0 atom stereocenters. The monoisotopic (exact) mass is 271 g/mol. The topological polar surface area (TPSA) is 28.4 Å². The predicted octanol–water partition coefficient (Wildman–Crippen LogP) is 3.64. The molecule has 0 aliphatic heterocycles. The third-order valence-electron chi connectivity index (χ3n) is 3.94. The van der Waals surface area contributed by atoms with Crippen LogP contribution in [0.5, 0.6) is 0 Å². The largest absolute Gasteiger partial charge is 0.314 e. The molecule has 3 heteroatoms. The predicted molar refractivity (Wildman–Crippen MR) is 83.9 cm³/mol. The van der Waals surface area contributed by atoms with Gasteiger partial charge in [-0.15, -0.1) is 0 Å². The average molecular weight is 271 g/mol. The highest BCUT2D eigenvalue weighted by atomic mass is 14.9. The van der Waals surface area contributed by atoms with Crippen LogP contribution in [0.25, 0.3) is 4.85 Å². The van der Waals surface area contributed by atoms with E-state index >= 15 is 0 Å². The van der Waals surface area contributed by atoms with E-state index in [1.165, 1.54) is 44.1 Å². The minimum absolute atomic E-state index is 0.725. The minimum Gasteiger partial charge on any atom is -0.314 e. The number of nitrogens with zero attached hydrogens (tertiary/aromatic N) is 1. The van der Waals surface area contributed by atoms with Crippen molar-refractivity contribution >= 4 is 5.69 Å². The fourth-order valence-electron chi connectivity index (χ4n) is 2.79. The van der Waals surface area contributed by atoms with Gasteiger partial charge in [0.25, 0.3) is 0 Å². The Balaban J connectivity index is 1.54. The molecule has 2 N–H and O–H groups in total. The molecule has 1 aliphatic carbocycles. The molecule has 0 radical (unpaired) electrons. The quantitative estimate of drug-likeness (QED) is 0.585. The van der Waals surface area contributed by atoms with Crippen molar-refractivity contribution in [3.8, 4) is 0 Å². The van der Waals surface area contributed by atoms with Crippen molar-refractivity contribution in [2.75, 3.05) is 13.1 Å². The summed E-state index contributed by atoms with van der Waals surface area (Å²) >= 11 is 0. The highest BCUT2D eigenvalue weighted by Crippen LogP contribution is 2.17. The van der Waals surface area contributed by atoms with Crippen LogP contribution in [-0.2, 0) is 6.54 Å². The van der Waals surface area contributed by atoms with Gasteiger partial charge in [-0.3, -0.25) is 0 Å². The van der Waals surface area contributed by atoms with E-state index in [9.17, 15) is 0 Å². The summed E-state index contributed by atoms with van der Waals surface area (Å²) in [4.78, 5) is 3.45. The van der Waals surface area contributed by atoms with Gasteiger partial charge in [-0.05, 0) is 37.9 Å². The van der Waals surface area contributed by atoms with Crippen LogP contribution >= 0.6 is 0 Å². The van der Waals surface area contributed by atoms with E-state index in [4.69, 9.17) is 6.57 Å². The first kappa shape index (κ1) is 15.0. The lowest BCUT2D eigenvalue weighted by Gasteiger charge is -2.22. The Kier molecular flexibility index (Phi) is 6.56. The Bertz CT molecular complexity index is 430. The van der Waals surface area contributed by atoms with E-state index in [1.54, 1.807) is 0 Å². The number of rotatable bonds is 7. The van der Waals surface area contributed by atoms with Gasteiger partial charge in [-0.2, -0.15) is 0 Å². The van der Waals surface area contributed by atoms with Gasteiger partial charge >= 0.3 is 0 Å². The summed E-state index contributed by atoms with van der Waals surface area (Å²) in [5.74, 6) is 0. The summed E-state index contributed by atoms with van der Waals surface area (Å²) in [5.41, 5.74) is 1.92. The first-order chi connectivity index (χ1) is 9.88. The molecule has 1 aromatic carbocycles. The molecular formula is C17H25N3. The highest BCUT2D eigenvalue weighted by Gasteiger charge is 2.11. The van der Waals surface area contributed by atoms with Crippen LogP contribution in [-0.4, -0.2) is 19.1 Å². The zero-order valence-corrected chi connectivity index (χ0v) is 12.2. The van der Waals surface area contributed by atoms with Crippen LogP contribution in [0.2, 0.25) is 0 Å². The molecule has 0 amide bonds. The molecule has 0 saturated heterocycles. The number of benzene rings is 1. The molecule has 1 fully saturated rings. The molecule has 1 aliphatic rings. The van der Waals surface area contributed by atoms with Crippen LogP contribution in [0.3, 0.4) is 0 Å². The molecule has 0 unspecified atom stereocenters. The number of hydrogen-bond acceptors (Lipinski definition) is 2. The smallest absolute Gasteiger partial charge is 0.187 e. The maximum Gasteiger partial charge on any atom is 0.187 e. The summed E-state index contributed by atoms with van der Waals surface area (Å²) in [7, 11) is 0. The van der Waals surface area contributed by atoms with Crippen LogP contribution < -0.4 is 10.6 Å². The molecule has 0 aromatic heterocycles. The van der Waals surface area contributed by atoms with Crippen LogP contribution in [0, 0.1) is 6.57 Å². The summed E-state index contributed by atoms with van der Waals surface area (Å²) in [5, 5.41) is 7.11. The maximum atomic E-state index is 7.00. The van der Waals surface area contributed by atoms with Crippen molar-refractivity contribution in [2.24, 2.45) is 0 Å². The molecular weight excluding hydrogens is 246 g/mol. The maximum absolute atomic E-state index is 7.00. The third-order valence-corrected chi connectivity index (χ3v) is 3.94. The molecule has 1 saturated carbocycles. The number of hydrogen-bond donors (Lipinski definition) is 2. The number of nitrogens with one attached hydrogen (secondary N) is 2. The van der Waals surface area contributed by atoms with Crippen molar-refractivity contribution in [1.82, 2.24) is 10.6 Å². The van der Waals surface area contributed by atoms with Gasteiger partial charge in [0, 0.05) is 12.6 Å². The van der Waals surface area contributed by atoms with Gasteiger partial charge < -0.3 is 10.6 Å². The fraction of sp³-hybridized carbons (Fsp3) is 0.588. The summed E-state index contributed by atoms with van der Waals surface area (Å²) in [6, 6.07) is 8.60. The van der Waals surface area contributed by atoms with E-state index < -0.39 is 0 Å². The molecule has 0 bridgehead atoms. The molecule has 0 spiro atoms. The van der Waals surface area contributed by atoms with Gasteiger partial charge in [-0.25, -0.2) is 4.85 Å². The first-order valence-electron chi connectivity index (χ1n) is 7.79. The molecule has 0 heterocycles. The third kappa shape index (κ3) is 5.32. The second-order valence-electron chi connectivity index (χ2n) is 5.60. The van der Waals surface area contributed by atoms with Crippen molar-refractivity contribution in [1.29, 1.82) is 0 Å². The lowest BCUT2D eigenvalue weighted by atomic mass is 9.95. The second-order valence-corrected chi connectivity index (χ2v) is 5.60. The zero-order chi connectivity index (χ0) is 14.0. The van der Waals surface area contributed by atoms with E-state index in [2.05, 4.69) is 21.5 Å². The molecule has 20 heavy (non-hydrogen) atoms. The summed E-state index contributed by atoms with van der Waals surface area (Å²) < 4.78 is 0. The van der Waals surface area contributed by atoms with Gasteiger partial charge in [0.2, 0.25) is 0 Å². The van der Waals surface area contributed by atoms with Gasteiger partial charge in [0.05, 0.1) is 6.57 Å². The first-order valence-corrected chi connectivity index (χ1v) is 7.79. The lowest BCUT2D eigenvalue weighted by Crippen LogP contribution is -2.33. The Labute approximate surface area is 122 Å². The minimum atomic E-state index is 0.725. The fourth-order valence-corrected chi connectivity index (χ4v) is 2.79. The standard InChI is InChI=1S/C17H25N3/c1-18-17-10-5-7-15(13-17)14-19-11-6-12-20-16-8-3-2-4-9-16/h5,7,10,13,16,19-20H,2-4,6,8-9,11-12,14H2. The lowest BCUT2D eigenvalue weighted by molar-refractivity contribution is 0.371. The van der Waals surface area contributed by atoms with Crippen LogP contribution in [0.15, 0.2) is 24.3 Å². The Hall–Kier alpha value is -1.37. The van der Waals surface area contributed by atoms with Crippen molar-refractivity contribution < 1.29 is 0 Å². The van der Waals surface area contributed by atoms with Crippen LogP contribution in [0.1, 0.15) is 44.1 Å². The van der Waals surface area contributed by atoms with E-state index in [-0.39, 0.29) is 0 Å². The van der Waals surface area contributed by atoms with E-state index in [1.807, 2.05) is 18.2 Å². The summed E-state index contributed by atoms with van der Waals surface area (Å²) in [6.07, 6.45) is 8.09. The average Bonchev–Trinajstić information content (AvgIpc) is 2.52. The molecule has 3 nitrogen and oxygen atoms in total. The van der Waals surface area contributed by atoms with E-state index in [0.29, 0.717) is 0 Å². The Morgan fingerprint density at radius 2 is 2.00 bits per heavy atom. The molecule has 1 aromatic rings. The second kappa shape index (κ2) is 8.73. The van der Waals surface area contributed by atoms with Gasteiger partial charge in [0.15, 0.2) is 5.69 Å². The Morgan fingerprint density at radius 1 is 1.15 bits per heavy atom. The van der Waals surface area contributed by atoms with Crippen LogP contribution in [0.4, 0.5) is 5.69 Å². The SMILES string of the molecule is [C-]#[N+]c1cccc(CNCCCNC2CCCCC2)c1. The Morgan fingerprint density at radius 3 is 2.80 bits per heavy atom. The van der Waals surface area contributed by atoms with Crippen molar-refractivity contribution in [2.45, 2.75) is 51.1 Å². The van der Waals surface area contributed by atoms with E-state index in [0.717, 1.165) is 31.4 Å². The van der Waals surface area contributed by atoms with Gasteiger partial charge in [0.1, 0.15) is 0 Å². The van der Waals surface area contributed by atoms with Crippen molar-refractivity contribution in [3.63, 3.8) is 0 Å². The van der Waals surface area contributed by atoms with Crippen molar-refractivity contribution in [3.05, 3.63) is 41.2 Å².